The minimum atomic E-state index is 0.562. The molecule has 0 heteroatoms. The molecule has 0 spiro atoms. The molecule has 1 unspecified atom stereocenters. The van der Waals surface area contributed by atoms with Gasteiger partial charge in [-0.2, -0.15) is 0 Å². The summed E-state index contributed by atoms with van der Waals surface area (Å²) in [6.45, 7) is 6.64. The number of hydrogen-bond donors (Lipinski definition) is 0. The van der Waals surface area contributed by atoms with E-state index in [9.17, 15) is 0 Å². The minimum absolute atomic E-state index is 0.562. The smallest absolute Gasteiger partial charge is 0.00700 e. The Labute approximate surface area is 105 Å². The Kier molecular flexibility index (Phi) is 4.79. The molecule has 0 fully saturated rings. The van der Waals surface area contributed by atoms with Crippen molar-refractivity contribution in [2.75, 3.05) is 0 Å². The topological polar surface area (TPSA) is 0 Å². The van der Waals surface area contributed by atoms with Gasteiger partial charge < -0.3 is 0 Å². The molecule has 0 saturated carbocycles. The van der Waals surface area contributed by atoms with Crippen LogP contribution in [0, 0.1) is 12.8 Å². The highest BCUT2D eigenvalue weighted by Crippen LogP contribution is 2.45. The first-order valence-corrected chi connectivity index (χ1v) is 6.09. The number of benzene rings is 1. The highest BCUT2D eigenvalue weighted by Gasteiger charge is 2.26. The minimum Gasteiger partial charge on any atom is -0.124 e. The molecule has 0 N–H and O–H groups in total. The molecule has 0 saturated heterocycles. The van der Waals surface area contributed by atoms with Crippen LogP contribution < -0.4 is 0 Å². The molecule has 1 aliphatic rings. The van der Waals surface area contributed by atoms with E-state index < -0.39 is 0 Å². The lowest BCUT2D eigenvalue weighted by Crippen LogP contribution is -1.88. The Morgan fingerprint density at radius 2 is 1.88 bits per heavy atom. The number of terminal acetylenes is 1. The average molecular weight is 224 g/mol. The van der Waals surface area contributed by atoms with E-state index in [-0.39, 0.29) is 0 Å². The monoisotopic (exact) mass is 224 g/mol. The number of hydrogen-bond acceptors (Lipinski definition) is 0. The maximum absolute atomic E-state index is 4.00. The molecule has 17 heavy (non-hydrogen) atoms. The van der Waals surface area contributed by atoms with Crippen LogP contribution >= 0.6 is 0 Å². The van der Waals surface area contributed by atoms with Gasteiger partial charge in [0.05, 0.1) is 0 Å². The molecule has 0 aliphatic heterocycles. The summed E-state index contributed by atoms with van der Waals surface area (Å²) in [5, 5.41) is 0. The lowest BCUT2D eigenvalue weighted by Gasteiger charge is -2.06. The zero-order valence-corrected chi connectivity index (χ0v) is 10.9. The van der Waals surface area contributed by atoms with Gasteiger partial charge in [0.1, 0.15) is 0 Å². The molecule has 88 valence electrons. The molecular weight excluding hydrogens is 204 g/mol. The van der Waals surface area contributed by atoms with Crippen LogP contribution in [0.2, 0.25) is 0 Å². The fourth-order valence-corrected chi connectivity index (χ4v) is 2.50. The third-order valence-corrected chi connectivity index (χ3v) is 3.21. The molecule has 1 atom stereocenters. The summed E-state index contributed by atoms with van der Waals surface area (Å²) < 4.78 is 0. The van der Waals surface area contributed by atoms with Crippen LogP contribution in [0.3, 0.4) is 0 Å². The van der Waals surface area contributed by atoms with Gasteiger partial charge in [0.2, 0.25) is 0 Å². The molecule has 1 aromatic rings. The van der Waals surface area contributed by atoms with Gasteiger partial charge in [0, 0.05) is 5.92 Å². The molecule has 0 radical (unpaired) electrons. The number of rotatable bonds is 1. The Balaban J connectivity index is 0.000000686. The van der Waals surface area contributed by atoms with E-state index in [1.165, 1.54) is 22.3 Å². The second kappa shape index (κ2) is 6.11. The predicted molar refractivity (Wildman–Crippen MR) is 76.8 cm³/mol. The van der Waals surface area contributed by atoms with Gasteiger partial charge >= 0.3 is 0 Å². The van der Waals surface area contributed by atoms with Crippen LogP contribution in [0.4, 0.5) is 0 Å². The van der Waals surface area contributed by atoms with Crippen LogP contribution in [0.5, 0.6) is 0 Å². The summed E-state index contributed by atoms with van der Waals surface area (Å²) in [5.41, 5.74) is 5.83. The molecule has 0 bridgehead atoms. The number of fused-ring (bicyclic) bond motifs is 1. The maximum atomic E-state index is 4.00. The van der Waals surface area contributed by atoms with Crippen molar-refractivity contribution < 1.29 is 0 Å². The first kappa shape index (κ1) is 13.3. The Bertz CT molecular complexity index is 458. The van der Waals surface area contributed by atoms with Crippen LogP contribution in [0.25, 0.3) is 5.57 Å². The van der Waals surface area contributed by atoms with E-state index in [0.29, 0.717) is 5.92 Å². The van der Waals surface area contributed by atoms with Crippen molar-refractivity contribution in [1.82, 2.24) is 0 Å². The first-order chi connectivity index (χ1) is 8.29. The summed E-state index contributed by atoms with van der Waals surface area (Å²) in [6, 6.07) is 8.75. The molecule has 0 nitrogen and oxygen atoms in total. The molecule has 0 aromatic heterocycles. The summed E-state index contributed by atoms with van der Waals surface area (Å²) in [6.07, 6.45) is 13.7. The van der Waals surface area contributed by atoms with Crippen molar-refractivity contribution in [3.63, 3.8) is 0 Å². The maximum Gasteiger partial charge on any atom is 0.00700 e. The molecule has 2 rings (SSSR count). The summed E-state index contributed by atoms with van der Waals surface area (Å²) in [4.78, 5) is 0. The fraction of sp³-hybridized carbons (Fsp3) is 0.294. The predicted octanol–water partition coefficient (Wildman–Crippen LogP) is 4.79. The number of allylic oxidation sites excluding steroid dienone is 4. The molecular formula is C17H20. The van der Waals surface area contributed by atoms with E-state index in [2.05, 4.69) is 70.0 Å². The van der Waals surface area contributed by atoms with Gasteiger partial charge in [-0.3, -0.25) is 0 Å². The van der Waals surface area contributed by atoms with Gasteiger partial charge in [-0.1, -0.05) is 50.3 Å². The largest absolute Gasteiger partial charge is 0.124 e. The zero-order chi connectivity index (χ0) is 12.8. The normalized spacial score (nSPS) is 22.1. The van der Waals surface area contributed by atoms with Crippen molar-refractivity contribution >= 4 is 5.57 Å². The summed E-state index contributed by atoms with van der Waals surface area (Å²) in [5.74, 6) is 0.562. The summed E-state index contributed by atoms with van der Waals surface area (Å²) in [7, 11) is 0. The SMILES string of the molecule is C#C.C/C=C1\C(=C/CC)C(C)c2ccccc21. The van der Waals surface area contributed by atoms with Crippen LogP contribution in [-0.2, 0) is 0 Å². The zero-order valence-electron chi connectivity index (χ0n) is 10.9. The third-order valence-electron chi connectivity index (χ3n) is 3.21. The molecule has 0 heterocycles. The van der Waals surface area contributed by atoms with Gasteiger partial charge in [0.25, 0.3) is 0 Å². The van der Waals surface area contributed by atoms with Crippen molar-refractivity contribution in [1.29, 1.82) is 0 Å². The van der Waals surface area contributed by atoms with Crippen LogP contribution in [-0.4, -0.2) is 0 Å². The van der Waals surface area contributed by atoms with E-state index in [0.717, 1.165) is 6.42 Å². The van der Waals surface area contributed by atoms with E-state index in [1.807, 2.05) is 0 Å². The first-order valence-electron chi connectivity index (χ1n) is 6.09. The lowest BCUT2D eigenvalue weighted by atomic mass is 9.98. The van der Waals surface area contributed by atoms with Crippen LogP contribution in [0.1, 0.15) is 44.2 Å². The van der Waals surface area contributed by atoms with Crippen molar-refractivity contribution in [3.05, 3.63) is 53.1 Å². The molecule has 0 amide bonds. The lowest BCUT2D eigenvalue weighted by molar-refractivity contribution is 0.946. The van der Waals surface area contributed by atoms with Crippen molar-refractivity contribution in [2.24, 2.45) is 0 Å². The van der Waals surface area contributed by atoms with Gasteiger partial charge in [-0.05, 0) is 35.6 Å². The Hall–Kier alpha value is -1.74. The average Bonchev–Trinajstić information content (AvgIpc) is 2.66. The van der Waals surface area contributed by atoms with E-state index in [1.54, 1.807) is 0 Å². The van der Waals surface area contributed by atoms with E-state index >= 15 is 0 Å². The van der Waals surface area contributed by atoms with Crippen molar-refractivity contribution in [3.8, 4) is 12.8 Å². The van der Waals surface area contributed by atoms with Crippen molar-refractivity contribution in [2.45, 2.75) is 33.1 Å². The van der Waals surface area contributed by atoms with Gasteiger partial charge in [-0.15, -0.1) is 12.8 Å². The van der Waals surface area contributed by atoms with Crippen LogP contribution in [0.15, 0.2) is 42.0 Å². The van der Waals surface area contributed by atoms with Gasteiger partial charge in [-0.25, -0.2) is 0 Å². The highest BCUT2D eigenvalue weighted by molar-refractivity contribution is 5.87. The van der Waals surface area contributed by atoms with E-state index in [4.69, 9.17) is 0 Å². The standard InChI is InChI=1S/C15H18.C2H2/c1-4-8-13-11(3)14-9-6-7-10-15(14)12(13)5-2;1-2/h5-11H,4H2,1-3H3;1-2H/b12-5+,13-8-;. The van der Waals surface area contributed by atoms with Gasteiger partial charge in [0.15, 0.2) is 0 Å². The quantitative estimate of drug-likeness (QED) is 0.601. The summed E-state index contributed by atoms with van der Waals surface area (Å²) >= 11 is 0. The Morgan fingerprint density at radius 3 is 2.47 bits per heavy atom. The molecule has 1 aliphatic carbocycles. The fourth-order valence-electron chi connectivity index (χ4n) is 2.50. The highest BCUT2D eigenvalue weighted by atomic mass is 14.3. The second-order valence-electron chi connectivity index (χ2n) is 4.08. The second-order valence-corrected chi connectivity index (χ2v) is 4.08. The molecule has 1 aromatic carbocycles. The Morgan fingerprint density at radius 1 is 1.24 bits per heavy atom. The third kappa shape index (κ3) is 2.34.